The third-order valence-corrected chi connectivity index (χ3v) is 2.10. The van der Waals surface area contributed by atoms with Gasteiger partial charge in [0.1, 0.15) is 0 Å². The van der Waals surface area contributed by atoms with Crippen LogP contribution in [0.1, 0.15) is 0 Å². The Hall–Kier alpha value is -1.90. The summed E-state index contributed by atoms with van der Waals surface area (Å²) in [5.74, 6) is 0. The fourth-order valence-electron chi connectivity index (χ4n) is 1.31. The molecule has 14 heavy (non-hydrogen) atoms. The summed E-state index contributed by atoms with van der Waals surface area (Å²) in [4.78, 5) is 15.1. The van der Waals surface area contributed by atoms with Crippen molar-refractivity contribution in [3.8, 4) is 11.1 Å². The van der Waals surface area contributed by atoms with Gasteiger partial charge in [0.15, 0.2) is 0 Å². The summed E-state index contributed by atoms with van der Waals surface area (Å²) in [5.41, 5.74) is 2.09. The number of rotatable bonds is 1. The molecule has 0 radical (unpaired) electrons. The molecule has 0 saturated heterocycles. The molecule has 0 atom stereocenters. The van der Waals surface area contributed by atoms with Crippen LogP contribution in [0.15, 0.2) is 47.7 Å². The lowest BCUT2D eigenvalue weighted by Crippen LogP contribution is -2.13. The van der Waals surface area contributed by atoms with Crippen LogP contribution in [0.5, 0.6) is 0 Å². The van der Waals surface area contributed by atoms with Gasteiger partial charge in [0.05, 0.1) is 0 Å². The van der Waals surface area contributed by atoms with E-state index in [4.69, 9.17) is 0 Å². The van der Waals surface area contributed by atoms with E-state index in [2.05, 4.69) is 4.98 Å². The second kappa shape index (κ2) is 3.46. The Morgan fingerprint density at radius 3 is 2.43 bits per heavy atom. The van der Waals surface area contributed by atoms with E-state index in [0.29, 0.717) is 0 Å². The summed E-state index contributed by atoms with van der Waals surface area (Å²) in [6.45, 7) is 0. The second-order valence-electron chi connectivity index (χ2n) is 3.10. The molecular weight excluding hydrogens is 176 g/mol. The van der Waals surface area contributed by atoms with Crippen LogP contribution < -0.4 is 5.56 Å². The summed E-state index contributed by atoms with van der Waals surface area (Å²) in [6.07, 6.45) is 5.29. The number of hydrogen-bond acceptors (Lipinski definition) is 2. The first kappa shape index (κ1) is 8.69. The van der Waals surface area contributed by atoms with Crippen molar-refractivity contribution >= 4 is 0 Å². The Bertz CT molecular complexity index is 488. The van der Waals surface area contributed by atoms with Gasteiger partial charge in [0.2, 0.25) is 5.56 Å². The van der Waals surface area contributed by atoms with E-state index in [-0.39, 0.29) is 5.56 Å². The lowest BCUT2D eigenvalue weighted by atomic mass is 10.1. The van der Waals surface area contributed by atoms with E-state index in [0.717, 1.165) is 11.1 Å². The van der Waals surface area contributed by atoms with Crippen molar-refractivity contribution in [3.05, 3.63) is 53.2 Å². The predicted octanol–water partition coefficient (Wildman–Crippen LogP) is 1.45. The van der Waals surface area contributed by atoms with Gasteiger partial charge >= 0.3 is 0 Å². The van der Waals surface area contributed by atoms with Crippen LogP contribution in [0.3, 0.4) is 0 Å². The standard InChI is InChI=1S/C11H10N2O/c1-13-8-10(2-3-11(13)14)9-4-6-12-7-5-9/h2-8H,1H3. The van der Waals surface area contributed by atoms with E-state index in [1.165, 1.54) is 0 Å². The van der Waals surface area contributed by atoms with Crippen molar-refractivity contribution in [2.45, 2.75) is 0 Å². The fraction of sp³-hybridized carbons (Fsp3) is 0.0909. The van der Waals surface area contributed by atoms with Gasteiger partial charge < -0.3 is 4.57 Å². The molecule has 2 aromatic heterocycles. The van der Waals surface area contributed by atoms with Gasteiger partial charge in [-0.15, -0.1) is 0 Å². The summed E-state index contributed by atoms with van der Waals surface area (Å²) < 4.78 is 1.57. The Labute approximate surface area is 81.7 Å². The molecule has 0 unspecified atom stereocenters. The molecule has 2 aromatic rings. The minimum absolute atomic E-state index is 0.00260. The number of aryl methyl sites for hydroxylation is 1. The smallest absolute Gasteiger partial charge is 0.250 e. The first-order valence-electron chi connectivity index (χ1n) is 4.34. The van der Waals surface area contributed by atoms with Crippen molar-refractivity contribution in [1.29, 1.82) is 0 Å². The number of hydrogen-bond donors (Lipinski definition) is 0. The maximum Gasteiger partial charge on any atom is 0.250 e. The third-order valence-electron chi connectivity index (χ3n) is 2.10. The lowest BCUT2D eigenvalue weighted by Gasteiger charge is -2.02. The molecule has 3 nitrogen and oxygen atoms in total. The average Bonchev–Trinajstić information content (AvgIpc) is 2.23. The minimum atomic E-state index is 0.00260. The van der Waals surface area contributed by atoms with Crippen molar-refractivity contribution < 1.29 is 0 Å². The topological polar surface area (TPSA) is 34.9 Å². The molecule has 0 aromatic carbocycles. The Balaban J connectivity index is 2.54. The van der Waals surface area contributed by atoms with Crippen molar-refractivity contribution in [3.63, 3.8) is 0 Å². The average molecular weight is 186 g/mol. The molecule has 0 N–H and O–H groups in total. The largest absolute Gasteiger partial charge is 0.318 e. The molecule has 0 bridgehead atoms. The van der Waals surface area contributed by atoms with E-state index in [9.17, 15) is 4.79 Å². The monoisotopic (exact) mass is 186 g/mol. The zero-order valence-corrected chi connectivity index (χ0v) is 7.84. The summed E-state index contributed by atoms with van der Waals surface area (Å²) in [7, 11) is 1.74. The minimum Gasteiger partial charge on any atom is -0.318 e. The number of aromatic nitrogens is 2. The summed E-state index contributed by atoms with van der Waals surface area (Å²) in [5, 5.41) is 0. The highest BCUT2D eigenvalue weighted by atomic mass is 16.1. The van der Waals surface area contributed by atoms with Crippen molar-refractivity contribution in [1.82, 2.24) is 9.55 Å². The highest BCUT2D eigenvalue weighted by Crippen LogP contribution is 2.15. The van der Waals surface area contributed by atoms with Gasteiger partial charge in [-0.25, -0.2) is 0 Å². The quantitative estimate of drug-likeness (QED) is 0.675. The summed E-state index contributed by atoms with van der Waals surface area (Å²) in [6, 6.07) is 7.22. The molecule has 0 aliphatic rings. The van der Waals surface area contributed by atoms with Crippen LogP contribution in [0.25, 0.3) is 11.1 Å². The SMILES string of the molecule is Cn1cc(-c2ccncc2)ccc1=O. The first-order valence-corrected chi connectivity index (χ1v) is 4.34. The molecule has 0 amide bonds. The molecule has 2 rings (SSSR count). The van der Waals surface area contributed by atoms with Gasteiger partial charge in [0.25, 0.3) is 0 Å². The molecule has 0 spiro atoms. The molecular formula is C11H10N2O. The van der Waals surface area contributed by atoms with Crippen LogP contribution in [-0.4, -0.2) is 9.55 Å². The van der Waals surface area contributed by atoms with Gasteiger partial charge in [-0.3, -0.25) is 9.78 Å². The van der Waals surface area contributed by atoms with Crippen molar-refractivity contribution in [2.75, 3.05) is 0 Å². The van der Waals surface area contributed by atoms with Gasteiger partial charge in [-0.2, -0.15) is 0 Å². The Kier molecular flexibility index (Phi) is 2.14. The van der Waals surface area contributed by atoms with E-state index < -0.39 is 0 Å². The lowest BCUT2D eigenvalue weighted by molar-refractivity contribution is 0.862. The Morgan fingerprint density at radius 1 is 1.07 bits per heavy atom. The van der Waals surface area contributed by atoms with E-state index >= 15 is 0 Å². The molecule has 0 fully saturated rings. The van der Waals surface area contributed by atoms with Crippen LogP contribution in [0, 0.1) is 0 Å². The van der Waals surface area contributed by atoms with Crippen LogP contribution >= 0.6 is 0 Å². The molecule has 70 valence electrons. The zero-order chi connectivity index (χ0) is 9.97. The Morgan fingerprint density at radius 2 is 1.79 bits per heavy atom. The molecule has 0 saturated carbocycles. The van der Waals surface area contributed by atoms with Crippen molar-refractivity contribution in [2.24, 2.45) is 7.05 Å². The fourth-order valence-corrected chi connectivity index (χ4v) is 1.31. The number of pyridine rings is 2. The maximum atomic E-state index is 11.2. The van der Waals surface area contributed by atoms with E-state index in [1.54, 1.807) is 30.1 Å². The van der Waals surface area contributed by atoms with Gasteiger partial charge in [-0.05, 0) is 29.3 Å². The number of nitrogens with zero attached hydrogens (tertiary/aromatic N) is 2. The second-order valence-corrected chi connectivity index (χ2v) is 3.10. The maximum absolute atomic E-state index is 11.2. The predicted molar refractivity (Wildman–Crippen MR) is 54.9 cm³/mol. The van der Waals surface area contributed by atoms with Crippen LogP contribution in [0.4, 0.5) is 0 Å². The van der Waals surface area contributed by atoms with E-state index in [1.807, 2.05) is 24.4 Å². The van der Waals surface area contributed by atoms with Gasteiger partial charge in [0, 0.05) is 31.7 Å². The molecule has 0 aliphatic heterocycles. The molecule has 2 heterocycles. The highest BCUT2D eigenvalue weighted by molar-refractivity contribution is 5.61. The molecule has 0 aliphatic carbocycles. The normalized spacial score (nSPS) is 10.1. The van der Waals surface area contributed by atoms with Gasteiger partial charge in [-0.1, -0.05) is 0 Å². The van der Waals surface area contributed by atoms with Crippen LogP contribution in [-0.2, 0) is 7.05 Å². The summed E-state index contributed by atoms with van der Waals surface area (Å²) >= 11 is 0. The zero-order valence-electron chi connectivity index (χ0n) is 7.84. The third kappa shape index (κ3) is 1.57. The molecule has 3 heteroatoms. The highest BCUT2D eigenvalue weighted by Gasteiger charge is 1.97. The van der Waals surface area contributed by atoms with Crippen LogP contribution in [0.2, 0.25) is 0 Å². The first-order chi connectivity index (χ1) is 6.77.